The Bertz CT molecular complexity index is 1100. The molecule has 0 aromatic heterocycles. The molecule has 1 aliphatic heterocycles. The Morgan fingerprint density at radius 1 is 0.643 bits per heavy atom. The van der Waals surface area contributed by atoms with E-state index in [9.17, 15) is 101 Å². The molecule has 5 nitrogen and oxygen atoms in total. The third-order valence-electron chi connectivity index (χ3n) is 5.03. The number of hydrogen-bond acceptors (Lipinski definition) is 5. The van der Waals surface area contributed by atoms with Crippen LogP contribution in [0.25, 0.3) is 0 Å². The van der Waals surface area contributed by atoms with Crippen LogP contribution in [0.1, 0.15) is 6.42 Å². The van der Waals surface area contributed by atoms with Gasteiger partial charge in [0.1, 0.15) is 0 Å². The lowest BCUT2D eigenvalue weighted by molar-refractivity contribution is -0.440. The Balaban J connectivity index is 3.49. The normalized spacial score (nSPS) is 19.1. The average molecular weight is 696 g/mol. The fourth-order valence-corrected chi connectivity index (χ4v) is 3.40. The first-order valence-corrected chi connectivity index (χ1v) is 11.0. The van der Waals surface area contributed by atoms with E-state index >= 15 is 0 Å². The van der Waals surface area contributed by atoms with E-state index in [0.29, 0.717) is 0 Å². The number of nitrogens with zero attached hydrogens (tertiary/aromatic N) is 2. The van der Waals surface area contributed by atoms with E-state index in [-0.39, 0.29) is 0 Å². The molecule has 1 aliphatic rings. The van der Waals surface area contributed by atoms with Gasteiger partial charge < -0.3 is 4.90 Å². The van der Waals surface area contributed by atoms with Crippen molar-refractivity contribution < 1.29 is 105 Å². The summed E-state index contributed by atoms with van der Waals surface area (Å²) in [4.78, 5) is -2.35. The van der Waals surface area contributed by atoms with Crippen molar-refractivity contribution >= 4 is 10.1 Å². The molecule has 0 aromatic carbocycles. The van der Waals surface area contributed by atoms with E-state index in [1.807, 2.05) is 0 Å². The number of halogens is 21. The van der Waals surface area contributed by atoms with Crippen LogP contribution >= 0.6 is 0 Å². The van der Waals surface area contributed by atoms with Gasteiger partial charge in [0.25, 0.3) is 0 Å². The average Bonchev–Trinajstić information content (AvgIpc) is 3.18. The highest BCUT2D eigenvalue weighted by Crippen LogP contribution is 2.60. The molecule has 1 unspecified atom stereocenters. The van der Waals surface area contributed by atoms with Crippen LogP contribution < -0.4 is 0 Å². The smallest absolute Gasteiger partial charge is 0.333 e. The maximum absolute atomic E-state index is 14.0. The van der Waals surface area contributed by atoms with Crippen molar-refractivity contribution in [2.24, 2.45) is 0 Å². The van der Waals surface area contributed by atoms with Crippen molar-refractivity contribution in [3.8, 4) is 0 Å². The summed E-state index contributed by atoms with van der Waals surface area (Å²) in [5.41, 5.74) is 0. The number of rotatable bonds is 13. The van der Waals surface area contributed by atoms with E-state index < -0.39 is 112 Å². The molecule has 1 rings (SSSR count). The zero-order valence-electron chi connectivity index (χ0n) is 18.8. The lowest BCUT2D eigenvalue weighted by Crippen LogP contribution is -2.70. The van der Waals surface area contributed by atoms with Gasteiger partial charge in [0, 0.05) is 25.4 Å². The molecular weight excluding hydrogens is 687 g/mol. The predicted octanol–water partition coefficient (Wildman–Crippen LogP) is 6.55. The van der Waals surface area contributed by atoms with Gasteiger partial charge >= 0.3 is 70.1 Å². The summed E-state index contributed by atoms with van der Waals surface area (Å²) < 4.78 is 302. The molecule has 0 amide bonds. The van der Waals surface area contributed by atoms with Crippen LogP contribution in [0.15, 0.2) is 12.4 Å². The van der Waals surface area contributed by atoms with Crippen molar-refractivity contribution in [3.63, 3.8) is 0 Å². The van der Waals surface area contributed by atoms with Gasteiger partial charge in [-0.1, -0.05) is 0 Å². The second-order valence-corrected chi connectivity index (χ2v) is 9.47. The molecule has 0 N–H and O–H groups in total. The maximum atomic E-state index is 14.0. The van der Waals surface area contributed by atoms with Crippen LogP contribution in [0, 0.1) is 0 Å². The minimum Gasteiger partial charge on any atom is -0.333 e. The number of alkyl halides is 21. The molecule has 250 valence electrons. The molecule has 27 heteroatoms. The summed E-state index contributed by atoms with van der Waals surface area (Å²) >= 11 is 0. The van der Waals surface area contributed by atoms with E-state index in [1.54, 1.807) is 0 Å². The van der Waals surface area contributed by atoms with Crippen LogP contribution in [-0.4, -0.2) is 91.1 Å². The summed E-state index contributed by atoms with van der Waals surface area (Å²) in [5, 5.41) is -6.39. The summed E-state index contributed by atoms with van der Waals surface area (Å²) in [6, 6.07) is -5.81. The van der Waals surface area contributed by atoms with Crippen molar-refractivity contribution in [2.75, 3.05) is 6.54 Å². The molecule has 0 aliphatic carbocycles. The van der Waals surface area contributed by atoms with Crippen molar-refractivity contribution in [1.29, 1.82) is 0 Å². The van der Waals surface area contributed by atoms with Crippen molar-refractivity contribution in [3.05, 3.63) is 12.4 Å². The minimum absolute atomic E-state index is 0.393. The molecule has 0 bridgehead atoms. The third-order valence-corrected chi connectivity index (χ3v) is 6.30. The van der Waals surface area contributed by atoms with Gasteiger partial charge in [-0.15, -0.1) is 0 Å². The monoisotopic (exact) mass is 696 g/mol. The molecular formula is C15H9F21N2O3S. The molecule has 1 atom stereocenters. The van der Waals surface area contributed by atoms with Crippen LogP contribution in [0.5, 0.6) is 0 Å². The summed E-state index contributed by atoms with van der Waals surface area (Å²) in [5.74, 6) is -39.6. The van der Waals surface area contributed by atoms with Crippen LogP contribution in [-0.2, 0) is 14.3 Å². The zero-order chi connectivity index (χ0) is 33.9. The van der Waals surface area contributed by atoms with Gasteiger partial charge in [0.2, 0.25) is 6.35 Å². The highest BCUT2D eigenvalue weighted by atomic mass is 32.2. The lowest BCUT2D eigenvalue weighted by atomic mass is 9.92. The molecule has 1 heterocycles. The van der Waals surface area contributed by atoms with Crippen LogP contribution in [0.3, 0.4) is 0 Å². The Hall–Kier alpha value is -2.22. The topological polar surface area (TPSA) is 49.9 Å². The fourth-order valence-electron chi connectivity index (χ4n) is 2.63. The molecule has 0 fully saturated rings. The molecule has 0 spiro atoms. The SMILES string of the molecule is O=S(=O)(OC1N(CCC(F)(F)C(F)(F)C(F)(F)C(F)(F)C(F)(F)C(F)(F)F)C=CN1C(F)(F)C(F)F)C(F)(F)C(F)F. The first-order valence-electron chi connectivity index (χ1n) is 9.61. The number of hydrogen-bond donors (Lipinski definition) is 0. The summed E-state index contributed by atoms with van der Waals surface area (Å²) in [6.45, 7) is -2.54. The lowest BCUT2D eigenvalue weighted by Gasteiger charge is -2.40. The Kier molecular flexibility index (Phi) is 9.67. The molecule has 0 saturated carbocycles. The molecule has 42 heavy (non-hydrogen) atoms. The van der Waals surface area contributed by atoms with Gasteiger partial charge in [0.15, 0.2) is 0 Å². The molecule has 0 saturated heterocycles. The maximum Gasteiger partial charge on any atom is 0.460 e. The summed E-state index contributed by atoms with van der Waals surface area (Å²) in [7, 11) is -7.28. The fraction of sp³-hybridized carbons (Fsp3) is 0.867. The van der Waals surface area contributed by atoms with Crippen molar-refractivity contribution in [2.45, 2.75) is 72.7 Å². The first kappa shape index (κ1) is 37.8. The Labute approximate surface area is 217 Å². The summed E-state index contributed by atoms with van der Waals surface area (Å²) in [6.07, 6.45) is -26.2. The third kappa shape index (κ3) is 5.81. The Morgan fingerprint density at radius 3 is 1.45 bits per heavy atom. The van der Waals surface area contributed by atoms with E-state index in [0.717, 1.165) is 0 Å². The van der Waals surface area contributed by atoms with E-state index in [4.69, 9.17) is 0 Å². The van der Waals surface area contributed by atoms with Gasteiger partial charge in [-0.05, 0) is 0 Å². The minimum atomic E-state index is -8.34. The largest absolute Gasteiger partial charge is 0.460 e. The van der Waals surface area contributed by atoms with Gasteiger partial charge in [-0.2, -0.15) is 83.1 Å². The second kappa shape index (κ2) is 10.7. The van der Waals surface area contributed by atoms with Gasteiger partial charge in [-0.3, -0.25) is 4.90 Å². The second-order valence-electron chi connectivity index (χ2n) is 7.82. The van der Waals surface area contributed by atoms with Crippen LogP contribution in [0.2, 0.25) is 0 Å². The molecule has 0 aromatic rings. The Morgan fingerprint density at radius 2 is 1.07 bits per heavy atom. The molecule has 0 radical (unpaired) electrons. The van der Waals surface area contributed by atoms with Crippen molar-refractivity contribution in [1.82, 2.24) is 9.80 Å². The van der Waals surface area contributed by atoms with Crippen LogP contribution in [0.4, 0.5) is 92.2 Å². The van der Waals surface area contributed by atoms with E-state index in [1.165, 1.54) is 0 Å². The first-order chi connectivity index (χ1) is 18.2. The van der Waals surface area contributed by atoms with Gasteiger partial charge in [-0.25, -0.2) is 21.7 Å². The highest BCUT2D eigenvalue weighted by Gasteiger charge is 2.90. The zero-order valence-corrected chi connectivity index (χ0v) is 19.6. The highest BCUT2D eigenvalue weighted by molar-refractivity contribution is 7.87. The van der Waals surface area contributed by atoms with E-state index in [2.05, 4.69) is 4.18 Å². The standard InChI is InChI=1S/C15H9F21N2O3S/c16-5(17)9(22,23)38-4-3-37(7(38)41-42(39,40)10(24,25)6(18)19)2-1-8(20,21)11(26,27)12(28,29)13(30,31)14(32,33)15(34,35)36/h3-7H,1-2H2. The quantitative estimate of drug-likeness (QED) is 0.124. The van der Waals surface area contributed by atoms with Gasteiger partial charge in [0.05, 0.1) is 0 Å². The predicted molar refractivity (Wildman–Crippen MR) is 88.8 cm³/mol.